The van der Waals surface area contributed by atoms with Crippen molar-refractivity contribution in [2.75, 3.05) is 10.6 Å². The zero-order valence-corrected chi connectivity index (χ0v) is 17.3. The molecule has 0 aliphatic heterocycles. The van der Waals surface area contributed by atoms with E-state index in [1.54, 1.807) is 0 Å². The van der Waals surface area contributed by atoms with E-state index in [0.717, 1.165) is 42.8 Å². The van der Waals surface area contributed by atoms with E-state index in [1.165, 1.54) is 22.7 Å². The lowest BCUT2D eigenvalue weighted by atomic mass is 10.1. The van der Waals surface area contributed by atoms with Crippen LogP contribution in [0, 0.1) is 0 Å². The Hall–Kier alpha value is -3.62. The molecule has 6 nitrogen and oxygen atoms in total. The van der Waals surface area contributed by atoms with Crippen molar-refractivity contribution in [2.24, 2.45) is 0 Å². The highest BCUT2D eigenvalue weighted by Gasteiger charge is 2.15. The summed E-state index contributed by atoms with van der Waals surface area (Å²) in [4.78, 5) is 0. The third kappa shape index (κ3) is 4.05. The monoisotopic (exact) mass is 428 g/mol. The molecule has 30 heavy (non-hydrogen) atoms. The van der Waals surface area contributed by atoms with E-state index < -0.39 is 0 Å². The van der Waals surface area contributed by atoms with Crippen molar-refractivity contribution in [3.63, 3.8) is 0 Å². The third-order valence-corrected chi connectivity index (χ3v) is 6.03. The number of nitrogens with one attached hydrogen (secondary N) is 2. The van der Waals surface area contributed by atoms with E-state index in [-0.39, 0.29) is 0 Å². The SMILES string of the molecule is c1ccc(Nc2nnc(-c3ccccc3-c3nnc(Nc4ccccc4)s3)s2)cc1. The maximum absolute atomic E-state index is 4.39. The van der Waals surface area contributed by atoms with E-state index in [9.17, 15) is 0 Å². The van der Waals surface area contributed by atoms with Gasteiger partial charge in [0.1, 0.15) is 10.0 Å². The molecule has 0 aliphatic rings. The van der Waals surface area contributed by atoms with Gasteiger partial charge in [-0.05, 0) is 24.3 Å². The average Bonchev–Trinajstić information content (AvgIpc) is 3.45. The van der Waals surface area contributed by atoms with Crippen LogP contribution in [0.2, 0.25) is 0 Å². The van der Waals surface area contributed by atoms with Gasteiger partial charge in [-0.15, -0.1) is 20.4 Å². The summed E-state index contributed by atoms with van der Waals surface area (Å²) in [6.07, 6.45) is 0. The predicted molar refractivity (Wildman–Crippen MR) is 124 cm³/mol. The molecule has 0 radical (unpaired) electrons. The summed E-state index contributed by atoms with van der Waals surface area (Å²) in [5.41, 5.74) is 3.93. The Morgan fingerprint density at radius 2 is 0.867 bits per heavy atom. The quantitative estimate of drug-likeness (QED) is 0.335. The molecule has 0 atom stereocenters. The van der Waals surface area contributed by atoms with Gasteiger partial charge >= 0.3 is 0 Å². The number of hydrogen-bond acceptors (Lipinski definition) is 8. The number of hydrogen-bond donors (Lipinski definition) is 2. The second-order valence-electron chi connectivity index (χ2n) is 6.35. The highest BCUT2D eigenvalue weighted by Crippen LogP contribution is 2.37. The normalized spacial score (nSPS) is 10.7. The molecule has 5 aromatic rings. The lowest BCUT2D eigenvalue weighted by Crippen LogP contribution is -1.88. The number of rotatable bonds is 6. The number of anilines is 4. The molecule has 0 saturated heterocycles. The van der Waals surface area contributed by atoms with Gasteiger partial charge in [0.15, 0.2) is 0 Å². The smallest absolute Gasteiger partial charge is 0.210 e. The highest BCUT2D eigenvalue weighted by molar-refractivity contribution is 7.19. The van der Waals surface area contributed by atoms with Gasteiger partial charge in [-0.2, -0.15) is 0 Å². The van der Waals surface area contributed by atoms with Gasteiger partial charge in [0.05, 0.1) is 0 Å². The third-order valence-electron chi connectivity index (χ3n) is 4.29. The van der Waals surface area contributed by atoms with Gasteiger partial charge in [0.25, 0.3) is 0 Å². The van der Waals surface area contributed by atoms with E-state index in [2.05, 4.69) is 31.0 Å². The zero-order chi connectivity index (χ0) is 20.2. The first-order valence-corrected chi connectivity index (χ1v) is 10.9. The summed E-state index contributed by atoms with van der Waals surface area (Å²) >= 11 is 3.01. The van der Waals surface area contributed by atoms with Crippen LogP contribution in [0.15, 0.2) is 84.9 Å². The van der Waals surface area contributed by atoms with Crippen LogP contribution in [0.25, 0.3) is 21.1 Å². The Labute approximate surface area is 181 Å². The molecule has 0 unspecified atom stereocenters. The largest absolute Gasteiger partial charge is 0.330 e. The van der Waals surface area contributed by atoms with Crippen LogP contribution in [-0.2, 0) is 0 Å². The fourth-order valence-corrected chi connectivity index (χ4v) is 4.52. The van der Waals surface area contributed by atoms with Gasteiger partial charge in [-0.1, -0.05) is 83.3 Å². The molecule has 2 N–H and O–H groups in total. The minimum atomic E-state index is 0.745. The van der Waals surface area contributed by atoms with E-state index in [4.69, 9.17) is 0 Å². The summed E-state index contributed by atoms with van der Waals surface area (Å²) in [6, 6.07) is 27.9. The van der Waals surface area contributed by atoms with Crippen molar-refractivity contribution in [2.45, 2.75) is 0 Å². The van der Waals surface area contributed by atoms with Gasteiger partial charge in [0.2, 0.25) is 10.3 Å². The second-order valence-corrected chi connectivity index (χ2v) is 8.31. The fraction of sp³-hybridized carbons (Fsp3) is 0. The van der Waals surface area contributed by atoms with Gasteiger partial charge in [-0.25, -0.2) is 0 Å². The summed E-state index contributed by atoms with van der Waals surface area (Å²) in [6.45, 7) is 0. The van der Waals surface area contributed by atoms with Crippen molar-refractivity contribution < 1.29 is 0 Å². The Bertz CT molecular complexity index is 1150. The van der Waals surface area contributed by atoms with Crippen molar-refractivity contribution >= 4 is 44.3 Å². The number of benzene rings is 3. The number of nitrogens with zero attached hydrogens (tertiary/aromatic N) is 4. The maximum atomic E-state index is 4.39. The lowest BCUT2D eigenvalue weighted by Gasteiger charge is -2.03. The van der Waals surface area contributed by atoms with Crippen LogP contribution in [0.5, 0.6) is 0 Å². The van der Waals surface area contributed by atoms with Crippen molar-refractivity contribution in [1.29, 1.82) is 0 Å². The average molecular weight is 429 g/mol. The molecular formula is C22H16N6S2. The Morgan fingerprint density at radius 1 is 0.467 bits per heavy atom. The van der Waals surface area contributed by atoms with Gasteiger partial charge in [0, 0.05) is 22.5 Å². The molecule has 2 aromatic heterocycles. The Balaban J connectivity index is 1.41. The minimum Gasteiger partial charge on any atom is -0.330 e. The van der Waals surface area contributed by atoms with Crippen LogP contribution in [0.1, 0.15) is 0 Å². The summed E-state index contributed by atoms with van der Waals surface area (Å²) in [7, 11) is 0. The summed E-state index contributed by atoms with van der Waals surface area (Å²) in [5.74, 6) is 0. The van der Waals surface area contributed by atoms with Crippen LogP contribution in [-0.4, -0.2) is 20.4 Å². The molecule has 0 spiro atoms. The maximum Gasteiger partial charge on any atom is 0.210 e. The number of aromatic nitrogens is 4. The molecule has 0 amide bonds. The zero-order valence-electron chi connectivity index (χ0n) is 15.7. The van der Waals surface area contributed by atoms with Gasteiger partial charge < -0.3 is 10.6 Å². The van der Waals surface area contributed by atoms with Crippen molar-refractivity contribution in [1.82, 2.24) is 20.4 Å². The summed E-state index contributed by atoms with van der Waals surface area (Å²) < 4.78 is 0. The highest BCUT2D eigenvalue weighted by atomic mass is 32.1. The van der Waals surface area contributed by atoms with Crippen LogP contribution in [0.4, 0.5) is 21.6 Å². The minimum absolute atomic E-state index is 0.745. The van der Waals surface area contributed by atoms with Gasteiger partial charge in [-0.3, -0.25) is 0 Å². The Kier molecular flexibility index (Phi) is 5.15. The van der Waals surface area contributed by atoms with Crippen molar-refractivity contribution in [3.05, 3.63) is 84.9 Å². The van der Waals surface area contributed by atoms with Crippen LogP contribution < -0.4 is 10.6 Å². The lowest BCUT2D eigenvalue weighted by molar-refractivity contribution is 1.09. The van der Waals surface area contributed by atoms with E-state index in [1.807, 2.05) is 84.9 Å². The molecule has 146 valence electrons. The molecule has 0 fully saturated rings. The molecular weight excluding hydrogens is 412 g/mol. The topological polar surface area (TPSA) is 75.6 Å². The standard InChI is InChI=1S/C22H16N6S2/c1-3-9-15(10-4-1)23-21-27-25-19(29-21)17-13-7-8-14-18(17)20-26-28-22(30-20)24-16-11-5-2-6-12-16/h1-14H,(H,23,27)(H,24,28). The molecule has 3 aromatic carbocycles. The Morgan fingerprint density at radius 3 is 1.30 bits per heavy atom. The molecule has 5 rings (SSSR count). The molecule has 0 aliphatic carbocycles. The van der Waals surface area contributed by atoms with Crippen molar-refractivity contribution in [3.8, 4) is 21.1 Å². The van der Waals surface area contributed by atoms with Crippen LogP contribution >= 0.6 is 22.7 Å². The number of para-hydroxylation sites is 2. The predicted octanol–water partition coefficient (Wildman–Crippen LogP) is 6.21. The summed E-state index contributed by atoms with van der Waals surface area (Å²) in [5, 5.41) is 27.1. The first-order valence-electron chi connectivity index (χ1n) is 9.26. The van der Waals surface area contributed by atoms with Crippen LogP contribution in [0.3, 0.4) is 0 Å². The molecule has 0 saturated carbocycles. The molecule has 8 heteroatoms. The first-order chi connectivity index (χ1) is 14.8. The molecule has 0 bridgehead atoms. The molecule has 2 heterocycles. The van der Waals surface area contributed by atoms with E-state index in [0.29, 0.717) is 0 Å². The second kappa shape index (κ2) is 8.40. The fourth-order valence-electron chi connectivity index (χ4n) is 2.91. The first kappa shape index (κ1) is 18.4. The van der Waals surface area contributed by atoms with E-state index >= 15 is 0 Å².